The van der Waals surface area contributed by atoms with Gasteiger partial charge in [-0.1, -0.05) is 25.6 Å². The van der Waals surface area contributed by atoms with Crippen molar-refractivity contribution >= 4 is 5.97 Å². The molecule has 0 N–H and O–H groups in total. The van der Waals surface area contributed by atoms with Gasteiger partial charge in [-0.3, -0.25) is 4.98 Å². The Kier molecular flexibility index (Phi) is 4.34. The van der Waals surface area contributed by atoms with E-state index in [1.54, 1.807) is 31.2 Å². The number of hydrogen-bond donors (Lipinski definition) is 0. The van der Waals surface area contributed by atoms with Crippen molar-refractivity contribution in [3.8, 4) is 5.75 Å². The van der Waals surface area contributed by atoms with Crippen LogP contribution in [0, 0.1) is 6.92 Å². The number of para-hydroxylation sites is 1. The molecule has 0 unspecified atom stereocenters. The monoisotopic (exact) mass is 230 g/mol. The maximum atomic E-state index is 11.6. The van der Waals surface area contributed by atoms with Crippen LogP contribution < -0.4 is 4.74 Å². The first-order valence-corrected chi connectivity index (χ1v) is 4.81. The highest BCUT2D eigenvalue weighted by Crippen LogP contribution is 2.10. The molecule has 0 radical (unpaired) electrons. The van der Waals surface area contributed by atoms with Crippen molar-refractivity contribution in [3.05, 3.63) is 54.1 Å². The molecule has 17 heavy (non-hydrogen) atoms. The van der Waals surface area contributed by atoms with E-state index in [1.807, 2.05) is 6.07 Å². The quantitative estimate of drug-likeness (QED) is 0.588. The van der Waals surface area contributed by atoms with Crippen LogP contribution in [0.4, 0.5) is 0 Å². The summed E-state index contributed by atoms with van der Waals surface area (Å²) in [4.78, 5) is 19.5. The number of ether oxygens (including phenoxy) is 1. The first kappa shape index (κ1) is 12.8. The predicted octanol–water partition coefficient (Wildman–Crippen LogP) is 2.64. The SMILES string of the molecule is C.Cc1cnc(C(=O)Oc2ccccc2)cn1. The summed E-state index contributed by atoms with van der Waals surface area (Å²) in [6.07, 6.45) is 2.93. The van der Waals surface area contributed by atoms with Crippen molar-refractivity contribution in [1.29, 1.82) is 0 Å². The Balaban J connectivity index is 0.00000144. The highest BCUT2D eigenvalue weighted by Gasteiger charge is 2.09. The van der Waals surface area contributed by atoms with Gasteiger partial charge in [-0.2, -0.15) is 0 Å². The van der Waals surface area contributed by atoms with Crippen molar-refractivity contribution in [3.63, 3.8) is 0 Å². The van der Waals surface area contributed by atoms with Crippen LogP contribution in [-0.2, 0) is 0 Å². The summed E-state index contributed by atoms with van der Waals surface area (Å²) < 4.78 is 5.10. The minimum atomic E-state index is -0.501. The van der Waals surface area contributed by atoms with Gasteiger partial charge in [0.05, 0.1) is 11.9 Å². The summed E-state index contributed by atoms with van der Waals surface area (Å²) in [5, 5.41) is 0. The van der Waals surface area contributed by atoms with E-state index in [2.05, 4.69) is 9.97 Å². The van der Waals surface area contributed by atoms with Gasteiger partial charge in [-0.05, 0) is 19.1 Å². The lowest BCUT2D eigenvalue weighted by Gasteiger charge is -2.02. The van der Waals surface area contributed by atoms with E-state index in [4.69, 9.17) is 4.74 Å². The molecule has 0 saturated heterocycles. The Labute approximate surface area is 100 Å². The van der Waals surface area contributed by atoms with E-state index in [0.717, 1.165) is 5.69 Å². The molecule has 1 heterocycles. The van der Waals surface area contributed by atoms with Crippen LogP contribution >= 0.6 is 0 Å². The van der Waals surface area contributed by atoms with E-state index < -0.39 is 5.97 Å². The molecule has 0 spiro atoms. The van der Waals surface area contributed by atoms with Crippen molar-refractivity contribution < 1.29 is 9.53 Å². The molecule has 0 aliphatic carbocycles. The summed E-state index contributed by atoms with van der Waals surface area (Å²) in [6.45, 7) is 1.80. The lowest BCUT2D eigenvalue weighted by molar-refractivity contribution is 0.0728. The molecule has 1 aromatic carbocycles. The fourth-order valence-electron chi connectivity index (χ4n) is 1.15. The number of nitrogens with zero attached hydrogens (tertiary/aromatic N) is 2. The van der Waals surface area contributed by atoms with Gasteiger partial charge < -0.3 is 4.74 Å². The second-order valence-corrected chi connectivity index (χ2v) is 3.25. The first-order valence-electron chi connectivity index (χ1n) is 4.81. The van der Waals surface area contributed by atoms with Crippen molar-refractivity contribution in [2.45, 2.75) is 14.4 Å². The third kappa shape index (κ3) is 3.38. The molecule has 4 heteroatoms. The molecule has 4 nitrogen and oxygen atoms in total. The van der Waals surface area contributed by atoms with E-state index in [9.17, 15) is 4.79 Å². The maximum Gasteiger partial charge on any atom is 0.363 e. The van der Waals surface area contributed by atoms with Crippen molar-refractivity contribution in [1.82, 2.24) is 9.97 Å². The van der Waals surface area contributed by atoms with Gasteiger partial charge in [0, 0.05) is 6.20 Å². The summed E-state index contributed by atoms with van der Waals surface area (Å²) in [5.74, 6) is -0.00595. The number of carbonyl (C=O) groups excluding carboxylic acids is 1. The zero-order chi connectivity index (χ0) is 11.4. The highest BCUT2D eigenvalue weighted by molar-refractivity contribution is 5.88. The summed E-state index contributed by atoms with van der Waals surface area (Å²) in [6, 6.07) is 8.86. The fraction of sp³-hybridized carbons (Fsp3) is 0.154. The van der Waals surface area contributed by atoms with Gasteiger partial charge >= 0.3 is 5.97 Å². The van der Waals surface area contributed by atoms with Crippen LogP contribution in [0.1, 0.15) is 23.6 Å². The molecule has 0 aliphatic heterocycles. The van der Waals surface area contributed by atoms with Crippen molar-refractivity contribution in [2.24, 2.45) is 0 Å². The van der Waals surface area contributed by atoms with Crippen LogP contribution in [0.2, 0.25) is 0 Å². The Hall–Kier alpha value is -2.23. The predicted molar refractivity (Wildman–Crippen MR) is 64.9 cm³/mol. The van der Waals surface area contributed by atoms with E-state index in [0.29, 0.717) is 5.75 Å². The number of carbonyl (C=O) groups is 1. The van der Waals surface area contributed by atoms with Crippen molar-refractivity contribution in [2.75, 3.05) is 0 Å². The van der Waals surface area contributed by atoms with E-state index >= 15 is 0 Å². The van der Waals surface area contributed by atoms with E-state index in [1.165, 1.54) is 12.4 Å². The smallest absolute Gasteiger partial charge is 0.363 e. The number of aromatic nitrogens is 2. The average Bonchev–Trinajstić information content (AvgIpc) is 2.31. The Morgan fingerprint density at radius 2 is 1.82 bits per heavy atom. The number of benzene rings is 1. The molecular formula is C13H14N2O2. The molecule has 0 amide bonds. The average molecular weight is 230 g/mol. The second kappa shape index (κ2) is 5.75. The number of aryl methyl sites for hydroxylation is 1. The Morgan fingerprint density at radius 3 is 2.41 bits per heavy atom. The third-order valence-electron chi connectivity index (χ3n) is 1.94. The Bertz CT molecular complexity index is 481. The molecule has 0 saturated carbocycles. The molecular weight excluding hydrogens is 216 g/mol. The number of rotatable bonds is 2. The molecule has 0 bridgehead atoms. The summed E-state index contributed by atoms with van der Waals surface area (Å²) in [5.41, 5.74) is 0.964. The third-order valence-corrected chi connectivity index (χ3v) is 1.94. The minimum Gasteiger partial charge on any atom is -0.422 e. The second-order valence-electron chi connectivity index (χ2n) is 3.25. The summed E-state index contributed by atoms with van der Waals surface area (Å²) >= 11 is 0. The van der Waals surface area contributed by atoms with Gasteiger partial charge in [0.25, 0.3) is 0 Å². The lowest BCUT2D eigenvalue weighted by Crippen LogP contribution is -2.11. The Morgan fingerprint density at radius 1 is 1.12 bits per heavy atom. The molecule has 88 valence electrons. The number of hydrogen-bond acceptors (Lipinski definition) is 4. The summed E-state index contributed by atoms with van der Waals surface area (Å²) in [7, 11) is 0. The molecule has 2 rings (SSSR count). The largest absolute Gasteiger partial charge is 0.422 e. The molecule has 2 aromatic rings. The topological polar surface area (TPSA) is 52.1 Å². The van der Waals surface area contributed by atoms with Gasteiger partial charge in [0.2, 0.25) is 0 Å². The maximum absolute atomic E-state index is 11.6. The van der Waals surface area contributed by atoms with Crippen LogP contribution in [-0.4, -0.2) is 15.9 Å². The van der Waals surface area contributed by atoms with Crippen LogP contribution in [0.25, 0.3) is 0 Å². The molecule has 1 aromatic heterocycles. The van der Waals surface area contributed by atoms with Gasteiger partial charge in [-0.25, -0.2) is 9.78 Å². The van der Waals surface area contributed by atoms with Crippen LogP contribution in [0.15, 0.2) is 42.7 Å². The molecule has 0 fully saturated rings. The minimum absolute atomic E-state index is 0. The van der Waals surface area contributed by atoms with Gasteiger partial charge in [0.15, 0.2) is 5.69 Å². The highest BCUT2D eigenvalue weighted by atomic mass is 16.5. The molecule has 0 aliphatic rings. The standard InChI is InChI=1S/C12H10N2O2.CH4/c1-9-7-14-11(8-13-9)12(15)16-10-5-3-2-4-6-10;/h2-8H,1H3;1H4. The fourth-order valence-corrected chi connectivity index (χ4v) is 1.15. The van der Waals surface area contributed by atoms with Crippen LogP contribution in [0.5, 0.6) is 5.75 Å². The molecule has 0 atom stereocenters. The number of esters is 1. The first-order chi connectivity index (χ1) is 7.75. The normalized spacial score (nSPS) is 9.24. The van der Waals surface area contributed by atoms with Crippen LogP contribution in [0.3, 0.4) is 0 Å². The van der Waals surface area contributed by atoms with Gasteiger partial charge in [0.1, 0.15) is 5.75 Å². The lowest BCUT2D eigenvalue weighted by atomic mass is 10.3. The van der Waals surface area contributed by atoms with Gasteiger partial charge in [-0.15, -0.1) is 0 Å². The van der Waals surface area contributed by atoms with E-state index in [-0.39, 0.29) is 13.1 Å². The zero-order valence-corrected chi connectivity index (χ0v) is 8.75. The zero-order valence-electron chi connectivity index (χ0n) is 8.75.